The Morgan fingerprint density at radius 1 is 1.05 bits per heavy atom. The van der Waals surface area contributed by atoms with Crippen molar-refractivity contribution < 1.29 is 14.6 Å². The molecule has 0 heterocycles. The molecule has 0 aliphatic carbocycles. The van der Waals surface area contributed by atoms with Crippen LogP contribution in [0.4, 0.5) is 5.69 Å². The smallest absolute Gasteiger partial charge is 0.163 e. The van der Waals surface area contributed by atoms with Crippen molar-refractivity contribution in [1.82, 2.24) is 0 Å². The van der Waals surface area contributed by atoms with E-state index in [0.29, 0.717) is 30.3 Å². The number of benzene rings is 2. The molecular formula is C17H18BrNO3. The monoisotopic (exact) mass is 363 g/mol. The Morgan fingerprint density at radius 3 is 2.50 bits per heavy atom. The van der Waals surface area contributed by atoms with Crippen molar-refractivity contribution in [2.24, 2.45) is 4.99 Å². The van der Waals surface area contributed by atoms with E-state index in [1.165, 1.54) is 0 Å². The van der Waals surface area contributed by atoms with Crippen LogP contribution in [-0.2, 0) is 0 Å². The van der Waals surface area contributed by atoms with Gasteiger partial charge in [0.15, 0.2) is 11.5 Å². The van der Waals surface area contributed by atoms with Gasteiger partial charge in [-0.3, -0.25) is 4.99 Å². The number of hydrogen-bond acceptors (Lipinski definition) is 4. The lowest BCUT2D eigenvalue weighted by Gasteiger charge is -2.11. The van der Waals surface area contributed by atoms with Gasteiger partial charge in [0.05, 0.1) is 18.9 Å². The van der Waals surface area contributed by atoms with E-state index in [0.717, 1.165) is 10.2 Å². The van der Waals surface area contributed by atoms with Crippen LogP contribution < -0.4 is 9.47 Å². The van der Waals surface area contributed by atoms with Crippen molar-refractivity contribution in [2.45, 2.75) is 13.8 Å². The molecule has 0 aromatic heterocycles. The Balaban J connectivity index is 2.27. The Kier molecular flexibility index (Phi) is 5.83. The van der Waals surface area contributed by atoms with Gasteiger partial charge in [0.1, 0.15) is 5.75 Å². The van der Waals surface area contributed by atoms with Gasteiger partial charge in [0.25, 0.3) is 0 Å². The van der Waals surface area contributed by atoms with Gasteiger partial charge in [0, 0.05) is 22.3 Å². The fraction of sp³-hybridized carbons (Fsp3) is 0.235. The Labute approximate surface area is 138 Å². The highest BCUT2D eigenvalue weighted by molar-refractivity contribution is 9.10. The molecule has 0 spiro atoms. The number of aliphatic imine (C=N–C) groups is 1. The molecule has 0 saturated heterocycles. The first-order valence-corrected chi connectivity index (χ1v) is 7.85. The Hall–Kier alpha value is -2.01. The Bertz CT molecular complexity index is 671. The van der Waals surface area contributed by atoms with Gasteiger partial charge in [-0.15, -0.1) is 0 Å². The van der Waals surface area contributed by atoms with Crippen LogP contribution in [0.5, 0.6) is 17.2 Å². The van der Waals surface area contributed by atoms with Crippen LogP contribution in [0.3, 0.4) is 0 Å². The molecule has 0 fully saturated rings. The lowest BCUT2D eigenvalue weighted by molar-refractivity contribution is 0.288. The summed E-state index contributed by atoms with van der Waals surface area (Å²) in [5, 5.41) is 9.81. The highest BCUT2D eigenvalue weighted by atomic mass is 79.9. The molecule has 1 N–H and O–H groups in total. The summed E-state index contributed by atoms with van der Waals surface area (Å²) in [4.78, 5) is 4.38. The van der Waals surface area contributed by atoms with Gasteiger partial charge >= 0.3 is 0 Å². The van der Waals surface area contributed by atoms with Crippen molar-refractivity contribution in [1.29, 1.82) is 0 Å². The average Bonchev–Trinajstić information content (AvgIpc) is 2.51. The second-order valence-electron chi connectivity index (χ2n) is 4.46. The topological polar surface area (TPSA) is 51.0 Å². The molecule has 22 heavy (non-hydrogen) atoms. The van der Waals surface area contributed by atoms with Gasteiger partial charge < -0.3 is 14.6 Å². The van der Waals surface area contributed by atoms with Crippen LogP contribution in [0.2, 0.25) is 0 Å². The summed E-state index contributed by atoms with van der Waals surface area (Å²) >= 11 is 3.37. The third-order valence-corrected chi connectivity index (χ3v) is 3.36. The molecule has 0 unspecified atom stereocenters. The van der Waals surface area contributed by atoms with Gasteiger partial charge in [-0.1, -0.05) is 15.9 Å². The summed E-state index contributed by atoms with van der Waals surface area (Å²) in [6, 6.07) is 10.7. The van der Waals surface area contributed by atoms with E-state index in [-0.39, 0.29) is 5.75 Å². The fourth-order valence-electron chi connectivity index (χ4n) is 1.89. The van der Waals surface area contributed by atoms with Crippen molar-refractivity contribution >= 4 is 27.8 Å². The maximum absolute atomic E-state index is 9.81. The number of hydrogen-bond donors (Lipinski definition) is 1. The van der Waals surface area contributed by atoms with Gasteiger partial charge in [-0.05, 0) is 44.2 Å². The van der Waals surface area contributed by atoms with E-state index < -0.39 is 0 Å². The standard InChI is InChI=1S/C17H18BrNO3/c1-3-21-16-8-6-14(10-17(16)22-4-2)19-11-12-9-13(18)5-7-15(12)20/h5-11,20H,3-4H2,1-2H3. The first-order valence-electron chi connectivity index (χ1n) is 7.06. The highest BCUT2D eigenvalue weighted by Crippen LogP contribution is 2.32. The van der Waals surface area contributed by atoms with E-state index in [2.05, 4.69) is 20.9 Å². The first-order chi connectivity index (χ1) is 10.6. The Morgan fingerprint density at radius 2 is 1.77 bits per heavy atom. The number of phenolic OH excluding ortho intramolecular Hbond substituents is 1. The van der Waals surface area contributed by atoms with Crippen LogP contribution in [0, 0.1) is 0 Å². The molecule has 0 atom stereocenters. The van der Waals surface area contributed by atoms with Crippen molar-refractivity contribution in [3.63, 3.8) is 0 Å². The summed E-state index contributed by atoms with van der Waals surface area (Å²) in [5.41, 5.74) is 1.37. The summed E-state index contributed by atoms with van der Waals surface area (Å²) in [7, 11) is 0. The third-order valence-electron chi connectivity index (χ3n) is 2.87. The molecule has 0 saturated carbocycles. The second kappa shape index (κ2) is 7.84. The molecule has 0 amide bonds. The van der Waals surface area contributed by atoms with Crippen molar-refractivity contribution in [3.8, 4) is 17.2 Å². The van der Waals surface area contributed by atoms with Crippen LogP contribution in [0.15, 0.2) is 45.9 Å². The maximum atomic E-state index is 9.81. The van der Waals surface area contributed by atoms with Gasteiger partial charge in [-0.25, -0.2) is 0 Å². The first kappa shape index (κ1) is 16.4. The zero-order valence-corrected chi connectivity index (χ0v) is 14.1. The predicted octanol–water partition coefficient (Wildman–Crippen LogP) is 4.70. The largest absolute Gasteiger partial charge is 0.507 e. The molecule has 116 valence electrons. The summed E-state index contributed by atoms with van der Waals surface area (Å²) < 4.78 is 12.0. The minimum Gasteiger partial charge on any atom is -0.507 e. The second-order valence-corrected chi connectivity index (χ2v) is 5.37. The molecule has 0 radical (unpaired) electrons. The molecule has 0 bridgehead atoms. The van der Waals surface area contributed by atoms with E-state index in [1.807, 2.05) is 32.0 Å². The molecule has 2 rings (SSSR count). The molecule has 4 nitrogen and oxygen atoms in total. The number of ether oxygens (including phenoxy) is 2. The fourth-order valence-corrected chi connectivity index (χ4v) is 2.27. The number of nitrogens with zero attached hydrogens (tertiary/aromatic N) is 1. The van der Waals surface area contributed by atoms with E-state index in [9.17, 15) is 5.11 Å². The van der Waals surface area contributed by atoms with Gasteiger partial charge in [-0.2, -0.15) is 0 Å². The van der Waals surface area contributed by atoms with E-state index >= 15 is 0 Å². The normalized spacial score (nSPS) is 10.9. The maximum Gasteiger partial charge on any atom is 0.163 e. The zero-order chi connectivity index (χ0) is 15.9. The van der Waals surface area contributed by atoms with Gasteiger partial charge in [0.2, 0.25) is 0 Å². The number of halogens is 1. The third kappa shape index (κ3) is 4.24. The lowest BCUT2D eigenvalue weighted by Crippen LogP contribution is -1.97. The van der Waals surface area contributed by atoms with Crippen molar-refractivity contribution in [2.75, 3.05) is 13.2 Å². The molecule has 0 aliphatic heterocycles. The van der Waals surface area contributed by atoms with E-state index in [1.54, 1.807) is 24.4 Å². The summed E-state index contributed by atoms with van der Waals surface area (Å²) in [6.07, 6.45) is 1.62. The summed E-state index contributed by atoms with van der Waals surface area (Å²) in [6.45, 7) is 4.98. The highest BCUT2D eigenvalue weighted by Gasteiger charge is 2.06. The van der Waals surface area contributed by atoms with Crippen LogP contribution in [0.1, 0.15) is 19.4 Å². The molecule has 2 aromatic carbocycles. The number of phenols is 1. The van der Waals surface area contributed by atoms with Crippen molar-refractivity contribution in [3.05, 3.63) is 46.4 Å². The minimum atomic E-state index is 0.183. The van der Waals surface area contributed by atoms with Crippen LogP contribution >= 0.6 is 15.9 Å². The molecule has 0 aliphatic rings. The molecular weight excluding hydrogens is 346 g/mol. The lowest BCUT2D eigenvalue weighted by atomic mass is 10.2. The van der Waals surface area contributed by atoms with Crippen LogP contribution in [0.25, 0.3) is 0 Å². The summed E-state index contributed by atoms with van der Waals surface area (Å²) in [5.74, 6) is 1.55. The minimum absolute atomic E-state index is 0.183. The molecule has 2 aromatic rings. The van der Waals surface area contributed by atoms with Crippen LogP contribution in [-0.4, -0.2) is 24.5 Å². The zero-order valence-electron chi connectivity index (χ0n) is 12.5. The quantitative estimate of drug-likeness (QED) is 0.756. The average molecular weight is 364 g/mol. The number of aromatic hydroxyl groups is 1. The predicted molar refractivity (Wildman–Crippen MR) is 91.8 cm³/mol. The SMILES string of the molecule is CCOc1ccc(N=Cc2cc(Br)ccc2O)cc1OCC. The molecule has 5 heteroatoms. The number of rotatable bonds is 6. The van der Waals surface area contributed by atoms with E-state index in [4.69, 9.17) is 9.47 Å².